The van der Waals surface area contributed by atoms with Crippen LogP contribution in [0, 0.1) is 0 Å². The van der Waals surface area contributed by atoms with Crippen molar-refractivity contribution in [2.24, 2.45) is 0 Å². The fraction of sp³-hybridized carbons (Fsp3) is 0.667. The molecular formula is C9H21ClN2O2. The van der Waals surface area contributed by atoms with Gasteiger partial charge in [0.1, 0.15) is 0 Å². The van der Waals surface area contributed by atoms with Crippen LogP contribution in [0.5, 0.6) is 0 Å². The lowest BCUT2D eigenvalue weighted by Gasteiger charge is -2.05. The van der Waals surface area contributed by atoms with E-state index in [1.807, 2.05) is 19.0 Å². The molecule has 0 bridgehead atoms. The Kier molecular flexibility index (Phi) is 16.9. The highest BCUT2D eigenvalue weighted by molar-refractivity contribution is 6.15. The van der Waals surface area contributed by atoms with Gasteiger partial charge in [-0.3, -0.25) is 0 Å². The maximum Gasteiger partial charge on any atom is 0.330 e. The number of carboxylic acids is 1. The van der Waals surface area contributed by atoms with Gasteiger partial charge in [-0.15, -0.1) is 11.6 Å². The molecule has 0 spiro atoms. The van der Waals surface area contributed by atoms with Gasteiger partial charge in [0.15, 0.2) is 0 Å². The van der Waals surface area contributed by atoms with Crippen LogP contribution in [0.3, 0.4) is 0 Å². The predicted molar refractivity (Wildman–Crippen MR) is 61.4 cm³/mol. The number of hydrogen-bond acceptors (Lipinski definition) is 3. The molecule has 4 nitrogen and oxygen atoms in total. The average molecular weight is 225 g/mol. The predicted octanol–water partition coefficient (Wildman–Crippen LogP) is 1.99. The highest BCUT2D eigenvalue weighted by Gasteiger charge is 1.97. The monoisotopic (exact) mass is 224 g/mol. The SMILES string of the molecule is CC(=CCCN(C)C)C(=O)O.CCl.N. The highest BCUT2D eigenvalue weighted by atomic mass is 35.5. The van der Waals surface area contributed by atoms with Gasteiger partial charge in [-0.05, 0) is 27.4 Å². The minimum atomic E-state index is -0.830. The summed E-state index contributed by atoms with van der Waals surface area (Å²) in [6.45, 7) is 2.50. The van der Waals surface area contributed by atoms with E-state index in [2.05, 4.69) is 11.6 Å². The van der Waals surface area contributed by atoms with Gasteiger partial charge in [0, 0.05) is 18.5 Å². The van der Waals surface area contributed by atoms with Crippen LogP contribution in [-0.4, -0.2) is 43.0 Å². The molecule has 0 aromatic rings. The van der Waals surface area contributed by atoms with Crippen LogP contribution in [0.2, 0.25) is 0 Å². The van der Waals surface area contributed by atoms with E-state index in [0.29, 0.717) is 5.57 Å². The second-order valence-corrected chi connectivity index (χ2v) is 2.78. The lowest BCUT2D eigenvalue weighted by Crippen LogP contribution is -2.12. The number of carboxylic acid groups (broad SMARTS) is 1. The molecule has 0 saturated carbocycles. The smallest absolute Gasteiger partial charge is 0.330 e. The Hall–Kier alpha value is -0.580. The highest BCUT2D eigenvalue weighted by Crippen LogP contribution is 1.95. The van der Waals surface area contributed by atoms with E-state index in [1.54, 1.807) is 13.0 Å². The summed E-state index contributed by atoms with van der Waals surface area (Å²) < 4.78 is 0. The van der Waals surface area contributed by atoms with Crippen LogP contribution >= 0.6 is 11.6 Å². The van der Waals surface area contributed by atoms with Crippen LogP contribution in [-0.2, 0) is 4.79 Å². The van der Waals surface area contributed by atoms with Crippen molar-refractivity contribution in [2.45, 2.75) is 13.3 Å². The molecule has 0 aliphatic heterocycles. The van der Waals surface area contributed by atoms with Gasteiger partial charge in [-0.25, -0.2) is 4.79 Å². The largest absolute Gasteiger partial charge is 0.478 e. The molecule has 0 atom stereocenters. The first-order valence-electron chi connectivity index (χ1n) is 3.96. The Morgan fingerprint density at radius 3 is 2.14 bits per heavy atom. The number of nitrogens with zero attached hydrogens (tertiary/aromatic N) is 1. The van der Waals surface area contributed by atoms with Crippen molar-refractivity contribution < 1.29 is 9.90 Å². The van der Waals surface area contributed by atoms with Crippen LogP contribution < -0.4 is 6.15 Å². The third-order valence-electron chi connectivity index (χ3n) is 1.36. The molecule has 0 aromatic carbocycles. The molecule has 0 radical (unpaired) electrons. The van der Waals surface area contributed by atoms with E-state index in [0.717, 1.165) is 13.0 Å². The second-order valence-electron chi connectivity index (χ2n) is 2.78. The third kappa shape index (κ3) is 14.0. The van der Waals surface area contributed by atoms with Gasteiger partial charge < -0.3 is 16.2 Å². The van der Waals surface area contributed by atoms with Crippen LogP contribution in [0.4, 0.5) is 0 Å². The summed E-state index contributed by atoms with van der Waals surface area (Å²) in [6, 6.07) is 0. The third-order valence-corrected chi connectivity index (χ3v) is 1.36. The first kappa shape index (κ1) is 19.1. The van der Waals surface area contributed by atoms with Crippen molar-refractivity contribution >= 4 is 17.6 Å². The zero-order valence-corrected chi connectivity index (χ0v) is 10.1. The van der Waals surface area contributed by atoms with Gasteiger partial charge in [0.2, 0.25) is 0 Å². The average Bonchev–Trinajstić information content (AvgIpc) is 2.07. The summed E-state index contributed by atoms with van der Waals surface area (Å²) in [4.78, 5) is 12.3. The van der Waals surface area contributed by atoms with E-state index in [4.69, 9.17) is 5.11 Å². The van der Waals surface area contributed by atoms with Crippen molar-refractivity contribution in [3.63, 3.8) is 0 Å². The molecule has 0 heterocycles. The molecule has 4 N–H and O–H groups in total. The van der Waals surface area contributed by atoms with E-state index >= 15 is 0 Å². The summed E-state index contributed by atoms with van der Waals surface area (Å²) in [6.07, 6.45) is 4.01. The fourth-order valence-corrected chi connectivity index (χ4v) is 0.627. The zero-order chi connectivity index (χ0) is 10.9. The van der Waals surface area contributed by atoms with Crippen molar-refractivity contribution in [2.75, 3.05) is 27.0 Å². The Morgan fingerprint density at radius 1 is 1.43 bits per heavy atom. The van der Waals surface area contributed by atoms with Crippen molar-refractivity contribution in [3.8, 4) is 0 Å². The zero-order valence-electron chi connectivity index (χ0n) is 9.38. The molecule has 0 saturated heterocycles. The van der Waals surface area contributed by atoms with E-state index in [1.165, 1.54) is 6.38 Å². The van der Waals surface area contributed by atoms with Crippen LogP contribution in [0.15, 0.2) is 11.6 Å². The minimum absolute atomic E-state index is 0. The Bertz CT molecular complexity index is 170. The molecule has 14 heavy (non-hydrogen) atoms. The standard InChI is InChI=1S/C8H15NO2.CH3Cl.H3N/c1-7(8(10)11)5-4-6-9(2)3;1-2;/h5H,4,6H2,1-3H3,(H,10,11);1H3;1H3. The number of aliphatic carboxylic acids is 1. The molecule has 0 aliphatic rings. The molecule has 0 aliphatic carbocycles. The number of hydrogen-bond donors (Lipinski definition) is 2. The molecule has 0 amide bonds. The summed E-state index contributed by atoms with van der Waals surface area (Å²) in [5, 5.41) is 8.47. The van der Waals surface area contributed by atoms with Crippen LogP contribution in [0.1, 0.15) is 13.3 Å². The Balaban J connectivity index is -0.000000376. The molecular weight excluding hydrogens is 204 g/mol. The molecule has 5 heteroatoms. The van der Waals surface area contributed by atoms with Crippen molar-refractivity contribution in [3.05, 3.63) is 11.6 Å². The number of alkyl halides is 1. The quantitative estimate of drug-likeness (QED) is 0.566. The number of rotatable bonds is 4. The normalized spacial score (nSPS) is 10.0. The van der Waals surface area contributed by atoms with Gasteiger partial charge in [0.05, 0.1) is 0 Å². The lowest BCUT2D eigenvalue weighted by molar-refractivity contribution is -0.132. The topological polar surface area (TPSA) is 75.5 Å². The summed E-state index contributed by atoms with van der Waals surface area (Å²) >= 11 is 4.64. The first-order valence-corrected chi connectivity index (χ1v) is 4.72. The number of carbonyl (C=O) groups is 1. The maximum atomic E-state index is 10.3. The van der Waals surface area contributed by atoms with E-state index < -0.39 is 5.97 Å². The van der Waals surface area contributed by atoms with Gasteiger partial charge >= 0.3 is 5.97 Å². The van der Waals surface area contributed by atoms with E-state index in [9.17, 15) is 4.79 Å². The van der Waals surface area contributed by atoms with Crippen LogP contribution in [0.25, 0.3) is 0 Å². The molecule has 0 fully saturated rings. The Morgan fingerprint density at radius 2 is 1.86 bits per heavy atom. The lowest BCUT2D eigenvalue weighted by atomic mass is 10.2. The number of halogens is 1. The fourth-order valence-electron chi connectivity index (χ4n) is 0.627. The molecule has 0 unspecified atom stereocenters. The van der Waals surface area contributed by atoms with Gasteiger partial charge in [-0.1, -0.05) is 6.08 Å². The molecule has 0 aromatic heterocycles. The minimum Gasteiger partial charge on any atom is -0.478 e. The van der Waals surface area contributed by atoms with Crippen molar-refractivity contribution in [1.82, 2.24) is 11.1 Å². The second kappa shape index (κ2) is 12.4. The Labute approximate surface area is 91.1 Å². The molecule has 86 valence electrons. The summed E-state index contributed by atoms with van der Waals surface area (Å²) in [5.74, 6) is -0.830. The van der Waals surface area contributed by atoms with Gasteiger partial charge in [-0.2, -0.15) is 0 Å². The van der Waals surface area contributed by atoms with Gasteiger partial charge in [0.25, 0.3) is 0 Å². The maximum absolute atomic E-state index is 10.3. The van der Waals surface area contributed by atoms with E-state index in [-0.39, 0.29) is 6.15 Å². The first-order chi connectivity index (χ1) is 6.04. The van der Waals surface area contributed by atoms with Crippen molar-refractivity contribution in [1.29, 1.82) is 0 Å². The molecule has 0 rings (SSSR count). The summed E-state index contributed by atoms with van der Waals surface area (Å²) in [7, 11) is 3.92. The summed E-state index contributed by atoms with van der Waals surface area (Å²) in [5.41, 5.74) is 0.423.